The summed E-state index contributed by atoms with van der Waals surface area (Å²) in [5.41, 5.74) is 0.774. The highest BCUT2D eigenvalue weighted by Gasteiger charge is 2.48. The summed E-state index contributed by atoms with van der Waals surface area (Å²) in [5.74, 6) is -0.0985. The molecule has 0 aromatic heterocycles. The first-order chi connectivity index (χ1) is 17.3. The maximum atomic E-state index is 11.4. The molecule has 4 nitrogen and oxygen atoms in total. The average molecular weight is 628 g/mol. The SMILES string of the molecule is CCCCC[C@@H](/C=C/[C@H]1[C@H](O[Si](C)(C)C(C)(C)C)CC(O)[C@@H]1c1cccc(Br)c1O)O[Si](C)(C)C(C)(C)C. The van der Waals surface area contributed by atoms with Crippen LogP contribution in [0.1, 0.15) is 92.1 Å². The fraction of sp³-hybridized carbons (Fsp3) is 0.742. The lowest BCUT2D eigenvalue weighted by atomic mass is 9.86. The number of unbranched alkanes of at least 4 members (excludes halogenated alkanes) is 2. The zero-order valence-electron chi connectivity index (χ0n) is 25.9. The van der Waals surface area contributed by atoms with Gasteiger partial charge in [0.15, 0.2) is 16.6 Å². The Kier molecular flexibility index (Phi) is 11.6. The molecule has 0 amide bonds. The van der Waals surface area contributed by atoms with E-state index in [-0.39, 0.29) is 39.9 Å². The van der Waals surface area contributed by atoms with Crippen molar-refractivity contribution in [3.8, 4) is 5.75 Å². The lowest BCUT2D eigenvalue weighted by Gasteiger charge is -2.40. The molecule has 1 aliphatic rings. The van der Waals surface area contributed by atoms with Gasteiger partial charge in [0.1, 0.15) is 5.75 Å². The molecule has 0 bridgehead atoms. The molecule has 2 rings (SSSR count). The third-order valence-electron chi connectivity index (χ3n) is 9.25. The topological polar surface area (TPSA) is 58.9 Å². The second-order valence-corrected chi connectivity index (χ2v) is 24.7. The summed E-state index contributed by atoms with van der Waals surface area (Å²) < 4.78 is 14.5. The smallest absolute Gasteiger partial charge is 0.192 e. The summed E-state index contributed by atoms with van der Waals surface area (Å²) >= 11 is 3.48. The van der Waals surface area contributed by atoms with Crippen LogP contribution in [0.2, 0.25) is 36.3 Å². The van der Waals surface area contributed by atoms with Crippen molar-refractivity contribution in [2.75, 3.05) is 0 Å². The van der Waals surface area contributed by atoms with Gasteiger partial charge in [-0.3, -0.25) is 0 Å². The molecule has 0 aliphatic heterocycles. The zero-order chi connectivity index (χ0) is 29.1. The van der Waals surface area contributed by atoms with Gasteiger partial charge in [-0.15, -0.1) is 0 Å². The number of benzene rings is 1. The summed E-state index contributed by atoms with van der Waals surface area (Å²) in [5, 5.41) is 22.5. The number of aliphatic hydroxyl groups is 1. The van der Waals surface area contributed by atoms with Crippen molar-refractivity contribution in [3.63, 3.8) is 0 Å². The van der Waals surface area contributed by atoms with Crippen LogP contribution in [0.5, 0.6) is 5.75 Å². The number of aliphatic hydroxyl groups excluding tert-OH is 1. The lowest BCUT2D eigenvalue weighted by molar-refractivity contribution is 0.132. The maximum Gasteiger partial charge on any atom is 0.192 e. The van der Waals surface area contributed by atoms with Gasteiger partial charge in [-0.1, -0.05) is 92.0 Å². The Morgan fingerprint density at radius 1 is 1.03 bits per heavy atom. The van der Waals surface area contributed by atoms with Gasteiger partial charge in [-0.05, 0) is 71.1 Å². The third-order valence-corrected chi connectivity index (χ3v) is 18.9. The summed E-state index contributed by atoms with van der Waals surface area (Å²) in [4.78, 5) is 0. The monoisotopic (exact) mass is 626 g/mol. The van der Waals surface area contributed by atoms with Crippen molar-refractivity contribution in [2.24, 2.45) is 5.92 Å². The van der Waals surface area contributed by atoms with Crippen molar-refractivity contribution in [2.45, 2.75) is 141 Å². The van der Waals surface area contributed by atoms with Crippen LogP contribution in [-0.4, -0.2) is 45.2 Å². The van der Waals surface area contributed by atoms with Gasteiger partial charge >= 0.3 is 0 Å². The van der Waals surface area contributed by atoms with E-state index in [1.807, 2.05) is 18.2 Å². The predicted octanol–water partition coefficient (Wildman–Crippen LogP) is 9.54. The van der Waals surface area contributed by atoms with E-state index in [0.29, 0.717) is 10.9 Å². The molecule has 1 unspecified atom stereocenters. The molecule has 1 fully saturated rings. The van der Waals surface area contributed by atoms with Crippen LogP contribution in [-0.2, 0) is 8.85 Å². The molecule has 0 heterocycles. The molecule has 5 atom stereocenters. The van der Waals surface area contributed by atoms with E-state index in [1.165, 1.54) is 12.8 Å². The van der Waals surface area contributed by atoms with E-state index in [1.54, 1.807) is 0 Å². The number of phenolic OH excluding ortho intramolecular Hbond substituents is 1. The molecule has 1 saturated carbocycles. The number of halogens is 1. The van der Waals surface area contributed by atoms with Gasteiger partial charge in [0.25, 0.3) is 0 Å². The summed E-state index contributed by atoms with van der Waals surface area (Å²) in [6.45, 7) is 25.0. The van der Waals surface area contributed by atoms with E-state index in [4.69, 9.17) is 8.85 Å². The predicted molar refractivity (Wildman–Crippen MR) is 170 cm³/mol. The number of hydrogen-bond donors (Lipinski definition) is 2. The molecule has 7 heteroatoms. The molecule has 0 spiro atoms. The largest absolute Gasteiger partial charge is 0.506 e. The average Bonchev–Trinajstić information content (AvgIpc) is 3.06. The number of para-hydroxylation sites is 1. The maximum absolute atomic E-state index is 11.4. The molecule has 0 radical (unpaired) electrons. The number of hydrogen-bond acceptors (Lipinski definition) is 4. The normalized spacial score (nSPS) is 24.3. The molecule has 218 valence electrons. The van der Waals surface area contributed by atoms with Crippen LogP contribution < -0.4 is 0 Å². The minimum atomic E-state index is -2.08. The first-order valence-electron chi connectivity index (χ1n) is 14.5. The molecule has 38 heavy (non-hydrogen) atoms. The molecular weight excluding hydrogens is 572 g/mol. The number of phenols is 1. The Morgan fingerprint density at radius 2 is 1.63 bits per heavy atom. The Balaban J connectivity index is 2.50. The molecular formula is C31H55BrO4Si2. The van der Waals surface area contributed by atoms with Gasteiger partial charge in [0.05, 0.1) is 22.8 Å². The molecule has 1 aromatic rings. The van der Waals surface area contributed by atoms with Gasteiger partial charge in [0.2, 0.25) is 0 Å². The second-order valence-electron chi connectivity index (χ2n) is 14.3. The van der Waals surface area contributed by atoms with Gasteiger partial charge in [-0.25, -0.2) is 0 Å². The fourth-order valence-electron chi connectivity index (χ4n) is 4.77. The van der Waals surface area contributed by atoms with Crippen LogP contribution >= 0.6 is 15.9 Å². The third kappa shape index (κ3) is 8.29. The minimum absolute atomic E-state index is 0.0328. The highest BCUT2D eigenvalue weighted by molar-refractivity contribution is 9.10. The van der Waals surface area contributed by atoms with Crippen molar-refractivity contribution >= 4 is 32.6 Å². The molecule has 1 aromatic carbocycles. The molecule has 0 saturated heterocycles. The summed E-state index contributed by atoms with van der Waals surface area (Å²) in [7, 11) is -4.05. The summed E-state index contributed by atoms with van der Waals surface area (Å²) in [6, 6.07) is 5.71. The second kappa shape index (κ2) is 13.0. The first-order valence-corrected chi connectivity index (χ1v) is 21.1. The lowest BCUT2D eigenvalue weighted by Crippen LogP contribution is -2.45. The zero-order valence-corrected chi connectivity index (χ0v) is 29.5. The van der Waals surface area contributed by atoms with Crippen LogP contribution in [0.15, 0.2) is 34.8 Å². The van der Waals surface area contributed by atoms with Crippen LogP contribution in [0.25, 0.3) is 0 Å². The van der Waals surface area contributed by atoms with Crippen molar-refractivity contribution < 1.29 is 19.1 Å². The van der Waals surface area contributed by atoms with Crippen LogP contribution in [0.4, 0.5) is 0 Å². The van der Waals surface area contributed by atoms with E-state index in [0.717, 1.165) is 18.4 Å². The quantitative estimate of drug-likeness (QED) is 0.146. The van der Waals surface area contributed by atoms with Crippen molar-refractivity contribution in [1.29, 1.82) is 0 Å². The fourth-order valence-corrected chi connectivity index (χ4v) is 7.82. The Labute approximate surface area is 244 Å². The minimum Gasteiger partial charge on any atom is -0.506 e. The van der Waals surface area contributed by atoms with Gasteiger partial charge in [-0.2, -0.15) is 0 Å². The Hall–Kier alpha value is -0.446. The van der Waals surface area contributed by atoms with Gasteiger partial charge in [0, 0.05) is 17.4 Å². The van der Waals surface area contributed by atoms with Crippen LogP contribution in [0, 0.1) is 5.92 Å². The molecule has 1 aliphatic carbocycles. The summed E-state index contributed by atoms with van der Waals surface area (Å²) in [6.07, 6.45) is 8.88. The van der Waals surface area contributed by atoms with E-state index < -0.39 is 22.7 Å². The number of aromatic hydroxyl groups is 1. The standard InChI is InChI=1S/C31H55BrO4Si2/c1-12-13-14-16-22(35-37(8,9)30(2,3)4)19-20-23-27(36-38(10,11)31(5,6)7)21-26(33)28(23)24-17-15-18-25(32)29(24)34/h15,17-20,22-23,26-28,33-34H,12-14,16,21H2,1-11H3/b20-19+/t22-,23-,26?,27+,28-/m0/s1. The van der Waals surface area contributed by atoms with E-state index >= 15 is 0 Å². The highest BCUT2D eigenvalue weighted by Crippen LogP contribution is 2.49. The number of rotatable bonds is 11. The van der Waals surface area contributed by atoms with Crippen molar-refractivity contribution in [1.82, 2.24) is 0 Å². The first kappa shape index (κ1) is 33.8. The van der Waals surface area contributed by atoms with Crippen LogP contribution in [0.3, 0.4) is 0 Å². The van der Waals surface area contributed by atoms with E-state index in [2.05, 4.69) is 103 Å². The Bertz CT molecular complexity index is 933. The Morgan fingerprint density at radius 3 is 2.18 bits per heavy atom. The van der Waals surface area contributed by atoms with Gasteiger partial charge < -0.3 is 19.1 Å². The highest BCUT2D eigenvalue weighted by atomic mass is 79.9. The van der Waals surface area contributed by atoms with Crippen molar-refractivity contribution in [3.05, 3.63) is 40.4 Å². The molecule has 2 N–H and O–H groups in total. The van der Waals surface area contributed by atoms with E-state index in [9.17, 15) is 10.2 Å².